The lowest BCUT2D eigenvalue weighted by molar-refractivity contribution is 0.784. The molecule has 76 valence electrons. The number of thiocarbonyl (C=S) groups is 1. The largest absolute Gasteiger partial charge is 0.354 e. The molecule has 1 saturated heterocycles. The quantitative estimate of drug-likeness (QED) is 0.627. The molecular formula is C8H16N2S3. The molecule has 2 N–H and O–H groups in total. The first-order valence-electron chi connectivity index (χ1n) is 4.57. The first-order valence-corrected chi connectivity index (χ1v) is 7.28. The Labute approximate surface area is 94.0 Å². The molecule has 13 heavy (non-hydrogen) atoms. The second-order valence-electron chi connectivity index (χ2n) is 2.85. The lowest BCUT2D eigenvalue weighted by Crippen LogP contribution is -2.34. The minimum atomic E-state index is 0.792. The molecule has 0 atom stereocenters. The van der Waals surface area contributed by atoms with Gasteiger partial charge in [-0.3, -0.25) is 0 Å². The average molecular weight is 236 g/mol. The smallest absolute Gasteiger partial charge is 0.167 e. The third kappa shape index (κ3) is 6.46. The lowest BCUT2D eigenvalue weighted by Gasteiger charge is -2.11. The Balaban J connectivity index is 2.14. The molecule has 1 heterocycles. The van der Waals surface area contributed by atoms with Crippen LogP contribution in [0.3, 0.4) is 0 Å². The second-order valence-corrected chi connectivity index (χ2v) is 5.47. The van der Waals surface area contributed by atoms with E-state index in [9.17, 15) is 0 Å². The van der Waals surface area contributed by atoms with Gasteiger partial charge in [0.2, 0.25) is 0 Å². The summed E-state index contributed by atoms with van der Waals surface area (Å²) in [6.07, 6.45) is 4.05. The first-order chi connectivity index (χ1) is 6.39. The Bertz CT molecular complexity index is 138. The van der Waals surface area contributed by atoms with E-state index in [-0.39, 0.29) is 0 Å². The molecule has 5 heteroatoms. The number of nitrogens with one attached hydrogen (secondary N) is 2. The first kappa shape index (κ1) is 11.5. The van der Waals surface area contributed by atoms with Gasteiger partial charge >= 0.3 is 0 Å². The van der Waals surface area contributed by atoms with E-state index in [1.807, 2.05) is 23.5 Å². The Morgan fingerprint density at radius 2 is 1.46 bits per heavy atom. The summed E-state index contributed by atoms with van der Waals surface area (Å²) in [4.78, 5) is 0. The van der Waals surface area contributed by atoms with Crippen LogP contribution in [0.2, 0.25) is 0 Å². The van der Waals surface area contributed by atoms with Gasteiger partial charge in [0.25, 0.3) is 0 Å². The lowest BCUT2D eigenvalue weighted by atomic mass is 10.3. The molecule has 1 rings (SSSR count). The third-order valence-corrected chi connectivity index (χ3v) is 3.89. The van der Waals surface area contributed by atoms with Crippen molar-refractivity contribution in [1.29, 1.82) is 0 Å². The summed E-state index contributed by atoms with van der Waals surface area (Å²) in [5, 5.41) is 7.13. The minimum absolute atomic E-state index is 0.792. The van der Waals surface area contributed by atoms with Crippen molar-refractivity contribution in [3.8, 4) is 0 Å². The molecule has 1 aliphatic rings. The molecule has 0 radical (unpaired) electrons. The molecule has 0 bridgehead atoms. The predicted molar refractivity (Wildman–Crippen MR) is 67.4 cm³/mol. The normalized spacial score (nSPS) is 22.0. The van der Waals surface area contributed by atoms with Crippen molar-refractivity contribution in [2.45, 2.75) is 19.3 Å². The van der Waals surface area contributed by atoms with Gasteiger partial charge in [0, 0.05) is 0 Å². The van der Waals surface area contributed by atoms with Crippen molar-refractivity contribution in [2.75, 3.05) is 23.3 Å². The van der Waals surface area contributed by atoms with Crippen LogP contribution >= 0.6 is 35.7 Å². The van der Waals surface area contributed by atoms with Crippen molar-refractivity contribution >= 4 is 40.9 Å². The van der Waals surface area contributed by atoms with Crippen molar-refractivity contribution < 1.29 is 0 Å². The minimum Gasteiger partial charge on any atom is -0.354 e. The summed E-state index contributed by atoms with van der Waals surface area (Å²) in [5.41, 5.74) is 0. The molecule has 1 fully saturated rings. The van der Waals surface area contributed by atoms with Crippen LogP contribution in [-0.4, -0.2) is 28.4 Å². The maximum absolute atomic E-state index is 5.09. The molecule has 0 amide bonds. The van der Waals surface area contributed by atoms with E-state index in [0.717, 1.165) is 16.9 Å². The van der Waals surface area contributed by atoms with E-state index in [4.69, 9.17) is 12.2 Å². The van der Waals surface area contributed by atoms with Gasteiger partial charge in [0.1, 0.15) is 0 Å². The fraction of sp³-hybridized carbons (Fsp3) is 0.875. The number of hydrogen-bond donors (Lipinski definition) is 2. The van der Waals surface area contributed by atoms with E-state index in [2.05, 4.69) is 10.6 Å². The monoisotopic (exact) mass is 236 g/mol. The van der Waals surface area contributed by atoms with Gasteiger partial charge in [-0.1, -0.05) is 6.42 Å². The summed E-state index contributed by atoms with van der Waals surface area (Å²) in [5.74, 6) is 4.38. The zero-order valence-corrected chi connectivity index (χ0v) is 10.1. The third-order valence-electron chi connectivity index (χ3n) is 1.75. The second kappa shape index (κ2) is 7.76. The number of thioether (sulfide) groups is 2. The molecule has 1 aliphatic heterocycles. The maximum atomic E-state index is 5.09. The molecule has 0 spiro atoms. The van der Waals surface area contributed by atoms with E-state index >= 15 is 0 Å². The van der Waals surface area contributed by atoms with Crippen LogP contribution in [0, 0.1) is 0 Å². The summed E-state index contributed by atoms with van der Waals surface area (Å²) in [6, 6.07) is 0. The molecule has 2 nitrogen and oxygen atoms in total. The maximum Gasteiger partial charge on any atom is 0.167 e. The standard InChI is InChI=1S/C8H16N2S3/c11-8-9-6-12-4-2-1-3-5-13-7-10-8/h1-7H2,(H2,9,10,11). The van der Waals surface area contributed by atoms with Gasteiger partial charge in [0.15, 0.2) is 5.11 Å². The SMILES string of the molecule is S=C1NCSCCCCCSCN1. The van der Waals surface area contributed by atoms with Crippen molar-refractivity contribution in [3.05, 3.63) is 0 Å². The molecule has 0 unspecified atom stereocenters. The molecule has 0 saturated carbocycles. The zero-order valence-electron chi connectivity index (χ0n) is 7.67. The van der Waals surface area contributed by atoms with E-state index < -0.39 is 0 Å². The fourth-order valence-corrected chi connectivity index (χ4v) is 2.95. The van der Waals surface area contributed by atoms with Crippen LogP contribution in [0.4, 0.5) is 0 Å². The van der Waals surface area contributed by atoms with Crippen LogP contribution in [0.1, 0.15) is 19.3 Å². The highest BCUT2D eigenvalue weighted by Crippen LogP contribution is 2.09. The van der Waals surface area contributed by atoms with Crippen LogP contribution < -0.4 is 10.6 Å². The van der Waals surface area contributed by atoms with Crippen molar-refractivity contribution in [3.63, 3.8) is 0 Å². The Hall–Kier alpha value is 0.390. The summed E-state index contributed by atoms with van der Waals surface area (Å²) >= 11 is 8.94. The highest BCUT2D eigenvalue weighted by molar-refractivity contribution is 7.99. The van der Waals surface area contributed by atoms with Crippen LogP contribution in [0.15, 0.2) is 0 Å². The zero-order chi connectivity index (χ0) is 9.36. The van der Waals surface area contributed by atoms with Gasteiger partial charge in [-0.15, -0.1) is 23.5 Å². The Kier molecular flexibility index (Phi) is 6.85. The number of rotatable bonds is 0. The predicted octanol–water partition coefficient (Wildman–Crippen LogP) is 2.02. The van der Waals surface area contributed by atoms with Crippen LogP contribution in [0.5, 0.6) is 0 Å². The van der Waals surface area contributed by atoms with Gasteiger partial charge in [-0.25, -0.2) is 0 Å². The van der Waals surface area contributed by atoms with E-state index in [1.165, 1.54) is 30.8 Å². The van der Waals surface area contributed by atoms with Gasteiger partial charge in [-0.05, 0) is 36.6 Å². The topological polar surface area (TPSA) is 24.1 Å². The van der Waals surface area contributed by atoms with Crippen molar-refractivity contribution in [1.82, 2.24) is 10.6 Å². The van der Waals surface area contributed by atoms with E-state index in [0.29, 0.717) is 0 Å². The fourth-order valence-electron chi connectivity index (χ4n) is 1.03. The van der Waals surface area contributed by atoms with E-state index in [1.54, 1.807) is 0 Å². The summed E-state index contributed by atoms with van der Waals surface area (Å²) < 4.78 is 0. The molecule has 0 aromatic heterocycles. The average Bonchev–Trinajstić information content (AvgIpc) is 2.11. The highest BCUT2D eigenvalue weighted by atomic mass is 32.2. The molecule has 0 aromatic rings. The van der Waals surface area contributed by atoms with Crippen LogP contribution in [0.25, 0.3) is 0 Å². The van der Waals surface area contributed by atoms with Gasteiger partial charge in [-0.2, -0.15) is 0 Å². The Morgan fingerprint density at radius 1 is 0.923 bits per heavy atom. The Morgan fingerprint density at radius 3 is 2.00 bits per heavy atom. The van der Waals surface area contributed by atoms with Gasteiger partial charge in [0.05, 0.1) is 11.8 Å². The van der Waals surface area contributed by atoms with Crippen LogP contribution in [-0.2, 0) is 0 Å². The molecular weight excluding hydrogens is 220 g/mol. The number of hydrogen-bond acceptors (Lipinski definition) is 3. The summed E-state index contributed by atoms with van der Waals surface area (Å²) in [7, 11) is 0. The van der Waals surface area contributed by atoms with Crippen molar-refractivity contribution in [2.24, 2.45) is 0 Å². The molecule has 0 aromatic carbocycles. The summed E-state index contributed by atoms with van der Waals surface area (Å²) in [6.45, 7) is 0. The van der Waals surface area contributed by atoms with Gasteiger partial charge < -0.3 is 10.6 Å². The molecule has 0 aliphatic carbocycles. The highest BCUT2D eigenvalue weighted by Gasteiger charge is 1.97.